The fourth-order valence-electron chi connectivity index (χ4n) is 1.48. The fraction of sp³-hybridized carbons (Fsp3) is 0.385. The van der Waals surface area contributed by atoms with E-state index in [4.69, 9.17) is 5.73 Å². The van der Waals surface area contributed by atoms with Gasteiger partial charge in [0.05, 0.1) is 12.6 Å². The summed E-state index contributed by atoms with van der Waals surface area (Å²) in [4.78, 5) is 22.5. The number of likely N-dealkylation sites (N-methyl/N-ethyl adjacent to an activating group) is 1. The van der Waals surface area contributed by atoms with Crippen molar-refractivity contribution in [3.63, 3.8) is 0 Å². The van der Waals surface area contributed by atoms with Crippen LogP contribution >= 0.6 is 0 Å². The molecule has 4 N–H and O–H groups in total. The first-order chi connectivity index (χ1) is 8.63. The summed E-state index contributed by atoms with van der Waals surface area (Å²) in [5.74, 6) is -0.534. The van der Waals surface area contributed by atoms with Gasteiger partial charge in [0.15, 0.2) is 0 Å². The Morgan fingerprint density at radius 2 is 1.94 bits per heavy atom. The van der Waals surface area contributed by atoms with Crippen LogP contribution in [0.2, 0.25) is 0 Å². The largest absolute Gasteiger partial charge is 0.358 e. The van der Waals surface area contributed by atoms with E-state index < -0.39 is 6.04 Å². The van der Waals surface area contributed by atoms with Gasteiger partial charge in [-0.15, -0.1) is 0 Å². The lowest BCUT2D eigenvalue weighted by Gasteiger charge is -2.11. The van der Waals surface area contributed by atoms with E-state index in [1.54, 1.807) is 0 Å². The van der Waals surface area contributed by atoms with Gasteiger partial charge in [-0.3, -0.25) is 9.59 Å². The van der Waals surface area contributed by atoms with Crippen LogP contribution in [0, 0.1) is 0 Å². The number of aryl methyl sites for hydroxylation is 1. The molecule has 0 saturated heterocycles. The first-order valence-corrected chi connectivity index (χ1v) is 5.91. The highest BCUT2D eigenvalue weighted by atomic mass is 16.2. The Kier molecular flexibility index (Phi) is 5.87. The molecule has 1 aromatic rings. The Balaban J connectivity index is 2.30. The lowest BCUT2D eigenvalue weighted by atomic mass is 10.1. The van der Waals surface area contributed by atoms with Crippen molar-refractivity contribution in [2.75, 3.05) is 13.6 Å². The maximum Gasteiger partial charge on any atom is 0.239 e. The average molecular weight is 249 g/mol. The number of hydrogen-bond acceptors (Lipinski definition) is 3. The maximum atomic E-state index is 11.6. The summed E-state index contributed by atoms with van der Waals surface area (Å²) in [7, 11) is 1.52. The third kappa shape index (κ3) is 4.97. The zero-order valence-corrected chi connectivity index (χ0v) is 10.5. The minimum atomic E-state index is -0.588. The van der Waals surface area contributed by atoms with Gasteiger partial charge in [0.25, 0.3) is 0 Å². The number of nitrogens with two attached hydrogens (primary N) is 1. The van der Waals surface area contributed by atoms with E-state index in [0.717, 1.165) is 12.0 Å². The molecule has 1 unspecified atom stereocenters. The normalized spacial score (nSPS) is 11.7. The maximum absolute atomic E-state index is 11.6. The second-order valence-electron chi connectivity index (χ2n) is 4.02. The molecule has 0 radical (unpaired) electrons. The summed E-state index contributed by atoms with van der Waals surface area (Å²) in [5, 5.41) is 4.92. The summed E-state index contributed by atoms with van der Waals surface area (Å²) in [6, 6.07) is 9.25. The van der Waals surface area contributed by atoms with Crippen molar-refractivity contribution in [3.05, 3.63) is 35.9 Å². The third-order valence-electron chi connectivity index (χ3n) is 2.63. The van der Waals surface area contributed by atoms with Gasteiger partial charge < -0.3 is 16.4 Å². The van der Waals surface area contributed by atoms with Gasteiger partial charge in [-0.1, -0.05) is 30.3 Å². The van der Waals surface area contributed by atoms with Crippen LogP contribution in [0.1, 0.15) is 12.0 Å². The number of amides is 2. The number of carbonyl (C=O) groups is 2. The SMILES string of the molecule is CNC(=O)CNC(=O)C(N)CCc1ccccc1. The highest BCUT2D eigenvalue weighted by Gasteiger charge is 2.13. The highest BCUT2D eigenvalue weighted by Crippen LogP contribution is 2.03. The van der Waals surface area contributed by atoms with E-state index in [2.05, 4.69) is 10.6 Å². The van der Waals surface area contributed by atoms with Gasteiger partial charge in [0.2, 0.25) is 11.8 Å². The Morgan fingerprint density at radius 1 is 1.28 bits per heavy atom. The summed E-state index contributed by atoms with van der Waals surface area (Å²) >= 11 is 0. The molecule has 0 aliphatic carbocycles. The van der Waals surface area contributed by atoms with Gasteiger partial charge in [-0.2, -0.15) is 0 Å². The molecule has 0 aromatic heterocycles. The lowest BCUT2D eigenvalue weighted by Crippen LogP contribution is -2.44. The molecule has 0 aliphatic rings. The van der Waals surface area contributed by atoms with Crippen molar-refractivity contribution in [2.24, 2.45) is 5.73 Å². The van der Waals surface area contributed by atoms with Crippen LogP contribution in [0.4, 0.5) is 0 Å². The van der Waals surface area contributed by atoms with Gasteiger partial charge in [0.1, 0.15) is 0 Å². The second kappa shape index (κ2) is 7.45. The molecule has 5 heteroatoms. The Hall–Kier alpha value is -1.88. The minimum absolute atomic E-state index is 0.0334. The monoisotopic (exact) mass is 249 g/mol. The van der Waals surface area contributed by atoms with Gasteiger partial charge in [-0.25, -0.2) is 0 Å². The smallest absolute Gasteiger partial charge is 0.239 e. The molecule has 98 valence electrons. The summed E-state index contributed by atoms with van der Waals surface area (Å²) in [5.41, 5.74) is 6.89. The van der Waals surface area contributed by atoms with Crippen LogP contribution in [0.15, 0.2) is 30.3 Å². The number of hydrogen-bond donors (Lipinski definition) is 3. The van der Waals surface area contributed by atoms with Gasteiger partial charge in [0, 0.05) is 7.05 Å². The molecule has 0 aliphatic heterocycles. The second-order valence-corrected chi connectivity index (χ2v) is 4.02. The van der Waals surface area contributed by atoms with Crippen LogP contribution < -0.4 is 16.4 Å². The van der Waals surface area contributed by atoms with E-state index in [-0.39, 0.29) is 18.4 Å². The zero-order chi connectivity index (χ0) is 13.4. The lowest BCUT2D eigenvalue weighted by molar-refractivity contribution is -0.126. The molecule has 1 aromatic carbocycles. The standard InChI is InChI=1S/C13H19N3O2/c1-15-12(17)9-16-13(18)11(14)8-7-10-5-3-2-4-6-10/h2-6,11H,7-9,14H2,1H3,(H,15,17)(H,16,18). The van der Waals surface area contributed by atoms with E-state index in [1.165, 1.54) is 7.05 Å². The summed E-state index contributed by atoms with van der Waals surface area (Å²) in [6.45, 7) is -0.0334. The van der Waals surface area contributed by atoms with Crippen molar-refractivity contribution in [2.45, 2.75) is 18.9 Å². The molecular formula is C13H19N3O2. The van der Waals surface area contributed by atoms with E-state index in [9.17, 15) is 9.59 Å². The van der Waals surface area contributed by atoms with Crippen molar-refractivity contribution in [1.29, 1.82) is 0 Å². The van der Waals surface area contributed by atoms with E-state index in [0.29, 0.717) is 6.42 Å². The molecule has 0 bridgehead atoms. The molecule has 0 fully saturated rings. The molecule has 1 rings (SSSR count). The molecular weight excluding hydrogens is 230 g/mol. The topological polar surface area (TPSA) is 84.2 Å². The van der Waals surface area contributed by atoms with Gasteiger partial charge in [-0.05, 0) is 18.4 Å². The molecule has 18 heavy (non-hydrogen) atoms. The van der Waals surface area contributed by atoms with Crippen molar-refractivity contribution >= 4 is 11.8 Å². The van der Waals surface area contributed by atoms with Crippen LogP contribution in [0.3, 0.4) is 0 Å². The molecule has 2 amide bonds. The molecule has 1 atom stereocenters. The number of carbonyl (C=O) groups excluding carboxylic acids is 2. The van der Waals surface area contributed by atoms with Crippen molar-refractivity contribution in [3.8, 4) is 0 Å². The Bertz CT molecular complexity index is 392. The molecule has 0 heterocycles. The molecule has 0 spiro atoms. The summed E-state index contributed by atoms with van der Waals surface area (Å²) < 4.78 is 0. The number of benzene rings is 1. The third-order valence-corrected chi connectivity index (χ3v) is 2.63. The number of nitrogens with one attached hydrogen (secondary N) is 2. The van der Waals surface area contributed by atoms with Crippen LogP contribution in [0.25, 0.3) is 0 Å². The zero-order valence-electron chi connectivity index (χ0n) is 10.5. The quantitative estimate of drug-likeness (QED) is 0.653. The minimum Gasteiger partial charge on any atom is -0.358 e. The van der Waals surface area contributed by atoms with Crippen LogP contribution in [-0.2, 0) is 16.0 Å². The van der Waals surface area contributed by atoms with E-state index in [1.807, 2.05) is 30.3 Å². The first-order valence-electron chi connectivity index (χ1n) is 5.91. The fourth-order valence-corrected chi connectivity index (χ4v) is 1.48. The van der Waals surface area contributed by atoms with Crippen molar-refractivity contribution in [1.82, 2.24) is 10.6 Å². The predicted octanol–water partition coefficient (Wildman–Crippen LogP) is -0.191. The highest BCUT2D eigenvalue weighted by molar-refractivity contribution is 5.87. The molecule has 5 nitrogen and oxygen atoms in total. The van der Waals surface area contributed by atoms with Crippen LogP contribution in [0.5, 0.6) is 0 Å². The van der Waals surface area contributed by atoms with Crippen molar-refractivity contribution < 1.29 is 9.59 Å². The molecule has 0 saturated carbocycles. The first kappa shape index (κ1) is 14.2. The average Bonchev–Trinajstić information content (AvgIpc) is 2.42. The van der Waals surface area contributed by atoms with E-state index >= 15 is 0 Å². The number of rotatable bonds is 6. The Labute approximate surface area is 107 Å². The van der Waals surface area contributed by atoms with Crippen LogP contribution in [-0.4, -0.2) is 31.4 Å². The predicted molar refractivity (Wildman–Crippen MR) is 69.8 cm³/mol. The summed E-state index contributed by atoms with van der Waals surface area (Å²) in [6.07, 6.45) is 1.30. The van der Waals surface area contributed by atoms with Gasteiger partial charge >= 0.3 is 0 Å². The Morgan fingerprint density at radius 3 is 2.56 bits per heavy atom.